The summed E-state index contributed by atoms with van der Waals surface area (Å²) in [4.78, 5) is 9.96. The van der Waals surface area contributed by atoms with Gasteiger partial charge in [0, 0.05) is 0 Å². The van der Waals surface area contributed by atoms with Gasteiger partial charge in [0.1, 0.15) is 0 Å². The molecule has 0 saturated heterocycles. The molecular weight excluding hydrogens is 344 g/mol. The smallest absolute Gasteiger partial charge is 0.376 e. The van der Waals surface area contributed by atoms with Gasteiger partial charge in [0.25, 0.3) is 0 Å². The topological polar surface area (TPSA) is 66.8 Å². The summed E-state index contributed by atoms with van der Waals surface area (Å²) >= 11 is 0. The molecule has 2 rings (SSSR count). The number of hydrogen-bond donors (Lipinski definition) is 2. The Kier molecular flexibility index (Phi) is 5.50. The quantitative estimate of drug-likeness (QED) is 0.761. The van der Waals surface area contributed by atoms with E-state index in [1.807, 2.05) is 0 Å². The number of aliphatic hydroxyl groups is 1. The lowest BCUT2D eigenvalue weighted by atomic mass is 10.0. The van der Waals surface area contributed by atoms with E-state index in [1.165, 1.54) is 37.3 Å². The van der Waals surface area contributed by atoms with Crippen LogP contribution in [0.25, 0.3) is 0 Å². The molecule has 2 aromatic rings. The van der Waals surface area contributed by atoms with E-state index in [-0.39, 0.29) is 11.1 Å². The molecule has 0 heterocycles. The molecule has 130 valence electrons. The molecule has 3 unspecified atom stereocenters. The Morgan fingerprint density at radius 1 is 1.04 bits per heavy atom. The highest BCUT2D eigenvalue weighted by Gasteiger charge is 2.38. The lowest BCUT2D eigenvalue weighted by Crippen LogP contribution is -2.13. The highest BCUT2D eigenvalue weighted by Crippen LogP contribution is 2.58. The first-order valence-corrected chi connectivity index (χ1v) is 8.67. The fraction of sp³-hybridized carbons (Fsp3) is 0.250. The second-order valence-corrected chi connectivity index (χ2v) is 7.01. The van der Waals surface area contributed by atoms with E-state index in [4.69, 9.17) is 4.52 Å². The first-order valence-electron chi connectivity index (χ1n) is 7.03. The minimum absolute atomic E-state index is 0.139. The zero-order valence-corrected chi connectivity index (χ0v) is 13.5. The first kappa shape index (κ1) is 18.7. The van der Waals surface area contributed by atoms with E-state index in [9.17, 15) is 27.7 Å². The highest BCUT2D eigenvalue weighted by molar-refractivity contribution is 7.53. The Bertz CT molecular complexity index is 734. The van der Waals surface area contributed by atoms with E-state index in [0.717, 1.165) is 6.07 Å². The van der Waals surface area contributed by atoms with Crippen molar-refractivity contribution in [3.05, 3.63) is 71.3 Å². The second-order valence-electron chi connectivity index (χ2n) is 5.18. The van der Waals surface area contributed by atoms with Gasteiger partial charge in [-0.05, 0) is 24.1 Å². The molecule has 0 amide bonds. The number of aliphatic hydroxyl groups excluding tert-OH is 1. The van der Waals surface area contributed by atoms with Gasteiger partial charge in [-0.1, -0.05) is 48.5 Å². The van der Waals surface area contributed by atoms with Crippen LogP contribution in [0.4, 0.5) is 13.2 Å². The van der Waals surface area contributed by atoms with Crippen LogP contribution < -0.4 is 0 Å². The Labute approximate surface area is 137 Å². The van der Waals surface area contributed by atoms with Crippen molar-refractivity contribution in [3.63, 3.8) is 0 Å². The standard InChI is InChI=1S/C16H16F3O4P/c1-11(13-9-5-6-10-14(13)16(17,18)19)23-24(21,22)15(20)12-7-3-2-4-8-12/h2-11,15,20H,1H3,(H,21,22). The van der Waals surface area contributed by atoms with Crippen molar-refractivity contribution in [3.8, 4) is 0 Å². The van der Waals surface area contributed by atoms with Gasteiger partial charge in [0.15, 0.2) is 5.85 Å². The summed E-state index contributed by atoms with van der Waals surface area (Å²) in [5, 5.41) is 10.0. The van der Waals surface area contributed by atoms with Crippen LogP contribution in [-0.4, -0.2) is 10.00 Å². The monoisotopic (exact) mass is 360 g/mol. The number of hydrogen-bond acceptors (Lipinski definition) is 3. The van der Waals surface area contributed by atoms with E-state index >= 15 is 0 Å². The molecule has 3 atom stereocenters. The summed E-state index contributed by atoms with van der Waals surface area (Å²) in [7, 11) is -4.61. The van der Waals surface area contributed by atoms with Crippen LogP contribution in [0.5, 0.6) is 0 Å². The minimum Gasteiger partial charge on any atom is -0.376 e. The minimum atomic E-state index is -4.62. The Hall–Kier alpha value is -1.66. The number of benzene rings is 2. The largest absolute Gasteiger partial charge is 0.416 e. The van der Waals surface area contributed by atoms with E-state index < -0.39 is 31.3 Å². The molecule has 0 aromatic heterocycles. The van der Waals surface area contributed by atoms with E-state index in [0.29, 0.717) is 0 Å². The van der Waals surface area contributed by atoms with Crippen LogP contribution >= 0.6 is 7.60 Å². The summed E-state index contributed by atoms with van der Waals surface area (Å²) in [6.07, 6.45) is -5.96. The zero-order chi connectivity index (χ0) is 18.0. The molecule has 0 bridgehead atoms. The van der Waals surface area contributed by atoms with Gasteiger partial charge >= 0.3 is 13.8 Å². The molecule has 0 aliphatic heterocycles. The Morgan fingerprint density at radius 2 is 1.58 bits per heavy atom. The summed E-state index contributed by atoms with van der Waals surface area (Å²) in [6, 6.07) is 12.2. The molecule has 4 nitrogen and oxygen atoms in total. The first-order chi connectivity index (χ1) is 11.1. The van der Waals surface area contributed by atoms with Crippen molar-refractivity contribution in [2.24, 2.45) is 0 Å². The molecule has 2 N–H and O–H groups in total. The van der Waals surface area contributed by atoms with Crippen molar-refractivity contribution in [1.29, 1.82) is 0 Å². The van der Waals surface area contributed by atoms with Gasteiger partial charge in [-0.2, -0.15) is 13.2 Å². The molecule has 0 fully saturated rings. The van der Waals surface area contributed by atoms with Crippen LogP contribution in [0.2, 0.25) is 0 Å². The molecule has 0 spiro atoms. The average molecular weight is 360 g/mol. The summed E-state index contributed by atoms with van der Waals surface area (Å²) in [6.45, 7) is 1.23. The number of alkyl halides is 3. The maximum absolute atomic E-state index is 13.0. The van der Waals surface area contributed by atoms with Gasteiger partial charge in [-0.25, -0.2) is 0 Å². The van der Waals surface area contributed by atoms with Gasteiger partial charge in [0.2, 0.25) is 0 Å². The maximum Gasteiger partial charge on any atom is 0.416 e. The summed E-state index contributed by atoms with van der Waals surface area (Å²) < 4.78 is 56.3. The van der Waals surface area contributed by atoms with Crippen LogP contribution in [0.15, 0.2) is 54.6 Å². The average Bonchev–Trinajstić information content (AvgIpc) is 2.53. The van der Waals surface area contributed by atoms with Crippen molar-refractivity contribution in [2.45, 2.75) is 25.0 Å². The van der Waals surface area contributed by atoms with E-state index in [2.05, 4.69) is 0 Å². The van der Waals surface area contributed by atoms with Gasteiger partial charge in [0.05, 0.1) is 11.7 Å². The summed E-state index contributed by atoms with van der Waals surface area (Å²) in [5.41, 5.74) is -1.09. The lowest BCUT2D eigenvalue weighted by molar-refractivity contribution is -0.139. The molecule has 2 aromatic carbocycles. The highest BCUT2D eigenvalue weighted by atomic mass is 31.2. The summed E-state index contributed by atoms with van der Waals surface area (Å²) in [5.74, 6) is -1.85. The number of rotatable bonds is 5. The predicted molar refractivity (Wildman–Crippen MR) is 82.2 cm³/mol. The van der Waals surface area contributed by atoms with Crippen LogP contribution in [0.1, 0.15) is 35.6 Å². The van der Waals surface area contributed by atoms with Gasteiger partial charge in [-0.3, -0.25) is 9.09 Å². The Morgan fingerprint density at radius 3 is 2.17 bits per heavy atom. The molecule has 0 aliphatic carbocycles. The normalized spacial score (nSPS) is 17.1. The van der Waals surface area contributed by atoms with Crippen molar-refractivity contribution in [2.75, 3.05) is 0 Å². The zero-order valence-electron chi connectivity index (χ0n) is 12.6. The van der Waals surface area contributed by atoms with Crippen molar-refractivity contribution < 1.29 is 32.3 Å². The number of halogens is 3. The van der Waals surface area contributed by atoms with Gasteiger partial charge < -0.3 is 10.00 Å². The predicted octanol–water partition coefficient (Wildman–Crippen LogP) is 4.66. The molecule has 8 heteroatoms. The lowest BCUT2D eigenvalue weighted by Gasteiger charge is -2.24. The van der Waals surface area contributed by atoms with Crippen LogP contribution in [-0.2, 0) is 15.3 Å². The third kappa shape index (κ3) is 4.24. The fourth-order valence-corrected chi connectivity index (χ4v) is 3.50. The van der Waals surface area contributed by atoms with Gasteiger partial charge in [-0.15, -0.1) is 0 Å². The van der Waals surface area contributed by atoms with Crippen molar-refractivity contribution >= 4 is 7.60 Å². The molecule has 0 aliphatic rings. The maximum atomic E-state index is 13.0. The third-order valence-corrected chi connectivity index (χ3v) is 4.95. The van der Waals surface area contributed by atoms with E-state index in [1.54, 1.807) is 18.2 Å². The molecule has 0 saturated carbocycles. The Balaban J connectivity index is 2.26. The van der Waals surface area contributed by atoms with Crippen LogP contribution in [0.3, 0.4) is 0 Å². The SMILES string of the molecule is CC(OP(=O)(O)C(O)c1ccccc1)c1ccccc1C(F)(F)F. The van der Waals surface area contributed by atoms with Crippen LogP contribution in [0, 0.1) is 0 Å². The molecule has 0 radical (unpaired) electrons. The van der Waals surface area contributed by atoms with Crippen molar-refractivity contribution in [1.82, 2.24) is 0 Å². The second kappa shape index (κ2) is 7.07. The molecular formula is C16H16F3O4P. The molecule has 24 heavy (non-hydrogen) atoms. The third-order valence-electron chi connectivity index (χ3n) is 3.42. The fourth-order valence-electron chi connectivity index (χ4n) is 2.26.